The van der Waals surface area contributed by atoms with Crippen molar-refractivity contribution in [3.05, 3.63) is 52.9 Å². The molecule has 2 rings (SSSR count). The monoisotopic (exact) mass is 299 g/mol. The molecule has 6 heteroatoms. The molecule has 1 heterocycles. The highest BCUT2D eigenvalue weighted by molar-refractivity contribution is 7.90. The summed E-state index contributed by atoms with van der Waals surface area (Å²) in [5.41, 5.74) is 0.582. The van der Waals surface area contributed by atoms with Gasteiger partial charge in [-0.15, -0.1) is 0 Å². The van der Waals surface area contributed by atoms with Crippen LogP contribution in [0, 0.1) is 0 Å². The van der Waals surface area contributed by atoms with Crippen molar-refractivity contribution in [1.82, 2.24) is 5.32 Å². The molecule has 2 aromatic rings. The SMILES string of the molecule is CS(=O)(=O)c1cccc(Cl)c1CNCc1ccco1. The standard InChI is InChI=1S/C13H14ClNO3S/c1-19(16,17)13-6-2-5-12(14)11(13)9-15-8-10-4-3-7-18-10/h2-7,15H,8-9H2,1H3. The lowest BCUT2D eigenvalue weighted by atomic mass is 10.2. The molecule has 0 unspecified atom stereocenters. The number of rotatable bonds is 5. The Kier molecular flexibility index (Phi) is 4.29. The Morgan fingerprint density at radius 3 is 2.63 bits per heavy atom. The van der Waals surface area contributed by atoms with Gasteiger partial charge < -0.3 is 9.73 Å². The molecular weight excluding hydrogens is 286 g/mol. The van der Waals surface area contributed by atoms with E-state index in [0.29, 0.717) is 23.7 Å². The molecule has 0 spiro atoms. The second-order valence-corrected chi connectivity index (χ2v) is 6.56. The number of benzene rings is 1. The lowest BCUT2D eigenvalue weighted by molar-refractivity contribution is 0.482. The van der Waals surface area contributed by atoms with Crippen LogP contribution in [0.25, 0.3) is 0 Å². The van der Waals surface area contributed by atoms with Crippen molar-refractivity contribution in [3.8, 4) is 0 Å². The van der Waals surface area contributed by atoms with E-state index in [1.54, 1.807) is 30.5 Å². The molecule has 0 bridgehead atoms. The van der Waals surface area contributed by atoms with Gasteiger partial charge in [-0.3, -0.25) is 0 Å². The molecule has 0 fully saturated rings. The first kappa shape index (κ1) is 14.1. The van der Waals surface area contributed by atoms with Crippen molar-refractivity contribution in [2.24, 2.45) is 0 Å². The van der Waals surface area contributed by atoms with Gasteiger partial charge in [-0.25, -0.2) is 8.42 Å². The highest BCUT2D eigenvalue weighted by atomic mass is 35.5. The number of nitrogens with one attached hydrogen (secondary N) is 1. The Hall–Kier alpha value is -1.30. The van der Waals surface area contributed by atoms with E-state index in [4.69, 9.17) is 16.0 Å². The smallest absolute Gasteiger partial charge is 0.175 e. The fraction of sp³-hybridized carbons (Fsp3) is 0.231. The van der Waals surface area contributed by atoms with E-state index in [0.717, 1.165) is 5.76 Å². The van der Waals surface area contributed by atoms with E-state index >= 15 is 0 Å². The predicted molar refractivity (Wildman–Crippen MR) is 73.8 cm³/mol. The molecule has 102 valence electrons. The summed E-state index contributed by atoms with van der Waals surface area (Å²) >= 11 is 6.07. The topological polar surface area (TPSA) is 59.3 Å². The molecule has 4 nitrogen and oxygen atoms in total. The summed E-state index contributed by atoms with van der Waals surface area (Å²) in [7, 11) is -3.29. The zero-order valence-corrected chi connectivity index (χ0v) is 12.0. The molecule has 1 aromatic carbocycles. The van der Waals surface area contributed by atoms with E-state index in [9.17, 15) is 8.42 Å². The van der Waals surface area contributed by atoms with Crippen LogP contribution in [0.1, 0.15) is 11.3 Å². The largest absolute Gasteiger partial charge is 0.468 e. The molecule has 19 heavy (non-hydrogen) atoms. The Labute approximate surface area is 117 Å². The molecule has 1 aromatic heterocycles. The lowest BCUT2D eigenvalue weighted by Gasteiger charge is -2.10. The van der Waals surface area contributed by atoms with Crippen LogP contribution >= 0.6 is 11.6 Å². The van der Waals surface area contributed by atoms with Gasteiger partial charge in [0.15, 0.2) is 9.84 Å². The van der Waals surface area contributed by atoms with Crippen molar-refractivity contribution in [2.75, 3.05) is 6.26 Å². The van der Waals surface area contributed by atoms with Crippen LogP contribution in [0.4, 0.5) is 0 Å². The van der Waals surface area contributed by atoms with Crippen LogP contribution in [0.3, 0.4) is 0 Å². The second-order valence-electron chi connectivity index (χ2n) is 4.17. The third-order valence-electron chi connectivity index (χ3n) is 2.66. The van der Waals surface area contributed by atoms with E-state index in [-0.39, 0.29) is 4.90 Å². The number of furan rings is 1. The highest BCUT2D eigenvalue weighted by Crippen LogP contribution is 2.23. The second kappa shape index (κ2) is 5.77. The first-order valence-corrected chi connectivity index (χ1v) is 7.96. The van der Waals surface area contributed by atoms with Gasteiger partial charge in [-0.2, -0.15) is 0 Å². The highest BCUT2D eigenvalue weighted by Gasteiger charge is 2.15. The van der Waals surface area contributed by atoms with E-state index in [1.165, 1.54) is 6.26 Å². The summed E-state index contributed by atoms with van der Waals surface area (Å²) in [5, 5.41) is 3.55. The normalized spacial score (nSPS) is 11.7. The van der Waals surface area contributed by atoms with Crippen LogP contribution in [0.5, 0.6) is 0 Å². The van der Waals surface area contributed by atoms with E-state index in [2.05, 4.69) is 5.32 Å². The van der Waals surface area contributed by atoms with Gasteiger partial charge in [0.25, 0.3) is 0 Å². The van der Waals surface area contributed by atoms with Gasteiger partial charge in [-0.05, 0) is 24.3 Å². The summed E-state index contributed by atoms with van der Waals surface area (Å²) < 4.78 is 28.6. The molecule has 0 aliphatic rings. The third-order valence-corrected chi connectivity index (χ3v) is 4.19. The minimum atomic E-state index is -3.29. The first-order valence-electron chi connectivity index (χ1n) is 5.69. The Morgan fingerprint density at radius 1 is 1.21 bits per heavy atom. The molecule has 0 aliphatic heterocycles. The van der Waals surface area contributed by atoms with Crippen molar-refractivity contribution in [2.45, 2.75) is 18.0 Å². The Balaban J connectivity index is 2.15. The van der Waals surface area contributed by atoms with Gasteiger partial charge in [0.2, 0.25) is 0 Å². The van der Waals surface area contributed by atoms with Crippen LogP contribution < -0.4 is 5.32 Å². The van der Waals surface area contributed by atoms with Gasteiger partial charge in [0, 0.05) is 23.4 Å². The van der Waals surface area contributed by atoms with E-state index < -0.39 is 9.84 Å². The molecule has 0 amide bonds. The van der Waals surface area contributed by atoms with Gasteiger partial charge in [-0.1, -0.05) is 17.7 Å². The van der Waals surface area contributed by atoms with Crippen LogP contribution in [0.15, 0.2) is 45.9 Å². The van der Waals surface area contributed by atoms with Crippen molar-refractivity contribution in [1.29, 1.82) is 0 Å². The minimum Gasteiger partial charge on any atom is -0.468 e. The average molecular weight is 300 g/mol. The molecule has 1 N–H and O–H groups in total. The number of halogens is 1. The quantitative estimate of drug-likeness (QED) is 0.922. The molecule has 0 saturated carbocycles. The van der Waals surface area contributed by atoms with Crippen molar-refractivity contribution in [3.63, 3.8) is 0 Å². The molecule has 0 saturated heterocycles. The third kappa shape index (κ3) is 3.59. The summed E-state index contributed by atoms with van der Waals surface area (Å²) in [6, 6.07) is 8.52. The van der Waals surface area contributed by atoms with Crippen molar-refractivity contribution < 1.29 is 12.8 Å². The maximum absolute atomic E-state index is 11.7. The van der Waals surface area contributed by atoms with Gasteiger partial charge in [0.05, 0.1) is 17.7 Å². The number of sulfone groups is 1. The zero-order chi connectivity index (χ0) is 13.9. The number of hydrogen-bond acceptors (Lipinski definition) is 4. The summed E-state index contributed by atoms with van der Waals surface area (Å²) in [5.74, 6) is 0.785. The molecule has 0 aliphatic carbocycles. The fourth-order valence-corrected chi connectivity index (χ4v) is 3.03. The number of hydrogen-bond donors (Lipinski definition) is 1. The van der Waals surface area contributed by atoms with Crippen LogP contribution in [-0.2, 0) is 22.9 Å². The summed E-state index contributed by atoms with van der Waals surface area (Å²) in [6.07, 6.45) is 2.77. The molecule has 0 atom stereocenters. The minimum absolute atomic E-state index is 0.256. The zero-order valence-electron chi connectivity index (χ0n) is 10.4. The van der Waals surface area contributed by atoms with Crippen molar-refractivity contribution >= 4 is 21.4 Å². The van der Waals surface area contributed by atoms with Gasteiger partial charge >= 0.3 is 0 Å². The first-order chi connectivity index (χ1) is 8.98. The fourth-order valence-electron chi connectivity index (χ4n) is 1.78. The van der Waals surface area contributed by atoms with Crippen LogP contribution in [0.2, 0.25) is 5.02 Å². The lowest BCUT2D eigenvalue weighted by Crippen LogP contribution is -2.15. The Morgan fingerprint density at radius 2 is 2.00 bits per heavy atom. The summed E-state index contributed by atoms with van der Waals surface area (Å²) in [6.45, 7) is 0.879. The predicted octanol–water partition coefficient (Wildman–Crippen LogP) is 2.63. The average Bonchev–Trinajstić information content (AvgIpc) is 2.82. The molecular formula is C13H14ClNO3S. The van der Waals surface area contributed by atoms with Crippen LogP contribution in [-0.4, -0.2) is 14.7 Å². The van der Waals surface area contributed by atoms with Gasteiger partial charge in [0.1, 0.15) is 5.76 Å². The maximum Gasteiger partial charge on any atom is 0.175 e. The Bertz CT molecular complexity index is 651. The maximum atomic E-state index is 11.7. The van der Waals surface area contributed by atoms with E-state index in [1.807, 2.05) is 6.07 Å². The summed E-state index contributed by atoms with van der Waals surface area (Å²) in [4.78, 5) is 0.256. The molecule has 0 radical (unpaired) electrons.